The molecule has 4 amide bonds. The summed E-state index contributed by atoms with van der Waals surface area (Å²) in [7, 11) is 0. The molecule has 1 fully saturated rings. The minimum absolute atomic E-state index is 0.134. The maximum Gasteiger partial charge on any atom is 0.251 e. The summed E-state index contributed by atoms with van der Waals surface area (Å²) in [6.45, 7) is 0.268. The Kier molecular flexibility index (Phi) is 6.57. The van der Waals surface area contributed by atoms with Gasteiger partial charge in [0.15, 0.2) is 5.66 Å². The third-order valence-corrected chi connectivity index (χ3v) is 5.03. The van der Waals surface area contributed by atoms with Crippen LogP contribution in [0.2, 0.25) is 0 Å². The lowest BCUT2D eigenvalue weighted by Crippen LogP contribution is -2.52. The Balaban J connectivity index is 1.46. The van der Waals surface area contributed by atoms with E-state index in [0.717, 1.165) is 5.56 Å². The zero-order valence-electron chi connectivity index (χ0n) is 16.4. The number of hydrogen-bond acceptors (Lipinski definition) is 6. The van der Waals surface area contributed by atoms with Gasteiger partial charge in [0.2, 0.25) is 17.7 Å². The molecule has 1 aromatic carbocycles. The lowest BCUT2D eigenvalue weighted by Gasteiger charge is -2.21. The van der Waals surface area contributed by atoms with Gasteiger partial charge < -0.3 is 10.6 Å². The van der Waals surface area contributed by atoms with Crippen molar-refractivity contribution in [3.8, 4) is 12.3 Å². The average Bonchev–Trinajstić information content (AvgIpc) is 3.51. The third kappa shape index (κ3) is 5.73. The van der Waals surface area contributed by atoms with Crippen molar-refractivity contribution in [3.05, 3.63) is 35.4 Å². The molecule has 30 heavy (non-hydrogen) atoms. The first-order valence-electron chi connectivity index (χ1n) is 9.78. The van der Waals surface area contributed by atoms with Crippen molar-refractivity contribution in [2.75, 3.05) is 0 Å². The number of piperidine rings is 1. The molecule has 2 heterocycles. The summed E-state index contributed by atoms with van der Waals surface area (Å²) < 4.78 is 0. The molecule has 1 aromatic rings. The smallest absolute Gasteiger partial charge is 0.251 e. The van der Waals surface area contributed by atoms with Gasteiger partial charge in [0.25, 0.3) is 5.91 Å². The Morgan fingerprint density at radius 3 is 2.77 bits per heavy atom. The molecular weight excluding hydrogens is 386 g/mol. The second-order valence-electron chi connectivity index (χ2n) is 7.34. The molecule has 0 radical (unpaired) electrons. The fourth-order valence-electron chi connectivity index (χ4n) is 3.17. The quantitative estimate of drug-likeness (QED) is 0.418. The van der Waals surface area contributed by atoms with E-state index in [2.05, 4.69) is 32.1 Å². The van der Waals surface area contributed by atoms with Gasteiger partial charge in [-0.25, -0.2) is 0 Å². The molecule has 3 N–H and O–H groups in total. The van der Waals surface area contributed by atoms with Crippen LogP contribution in [0, 0.1) is 12.3 Å². The first-order chi connectivity index (χ1) is 14.4. The molecule has 156 valence electrons. The van der Waals surface area contributed by atoms with E-state index >= 15 is 0 Å². The summed E-state index contributed by atoms with van der Waals surface area (Å²) in [6.07, 6.45) is 7.75. The fraction of sp³-hybridized carbons (Fsp3) is 0.429. The number of carbonyl (C=O) groups is 4. The molecule has 0 bridgehead atoms. The van der Waals surface area contributed by atoms with E-state index in [1.807, 2.05) is 0 Å². The molecule has 0 aromatic heterocycles. The summed E-state index contributed by atoms with van der Waals surface area (Å²) in [5, 5.41) is 15.7. The maximum absolute atomic E-state index is 12.4. The molecule has 0 saturated carbocycles. The van der Waals surface area contributed by atoms with Crippen LogP contribution in [0.25, 0.3) is 0 Å². The third-order valence-electron chi connectivity index (χ3n) is 5.03. The Bertz CT molecular complexity index is 928. The predicted molar refractivity (Wildman–Crippen MR) is 107 cm³/mol. The standard InChI is InChI=1S/C21H23N5O4/c1-2-3-10-21(25-26-21)11-9-17(27)22-13-14-5-4-6-15(12-14)19(29)23-16-7-8-18(28)24-20(16)30/h1,4-6,12,16H,3,7-11,13H2,(H,22,27)(H,23,29)(H,24,28,30). The normalized spacial score (nSPS) is 18.8. The highest BCUT2D eigenvalue weighted by Gasteiger charge is 2.39. The van der Waals surface area contributed by atoms with E-state index in [9.17, 15) is 19.2 Å². The second kappa shape index (κ2) is 9.31. The number of nitrogens with zero attached hydrogens (tertiary/aromatic N) is 2. The minimum Gasteiger partial charge on any atom is -0.352 e. The van der Waals surface area contributed by atoms with Gasteiger partial charge in [-0.1, -0.05) is 12.1 Å². The molecule has 9 nitrogen and oxygen atoms in total. The summed E-state index contributed by atoms with van der Waals surface area (Å²) in [5.74, 6) is 1.17. The van der Waals surface area contributed by atoms with E-state index in [-0.39, 0.29) is 37.6 Å². The number of amides is 4. The first-order valence-corrected chi connectivity index (χ1v) is 9.78. The molecule has 0 spiro atoms. The van der Waals surface area contributed by atoms with Crippen molar-refractivity contribution in [2.45, 2.75) is 56.8 Å². The molecule has 1 atom stereocenters. The van der Waals surface area contributed by atoms with Crippen molar-refractivity contribution in [3.63, 3.8) is 0 Å². The van der Waals surface area contributed by atoms with Crippen LogP contribution >= 0.6 is 0 Å². The van der Waals surface area contributed by atoms with Crippen molar-refractivity contribution in [2.24, 2.45) is 10.2 Å². The lowest BCUT2D eigenvalue weighted by molar-refractivity contribution is -0.134. The lowest BCUT2D eigenvalue weighted by atomic mass is 10.0. The van der Waals surface area contributed by atoms with E-state index < -0.39 is 23.5 Å². The summed E-state index contributed by atoms with van der Waals surface area (Å²) in [6, 6.07) is 6.04. The highest BCUT2D eigenvalue weighted by molar-refractivity contribution is 6.03. The molecular formula is C21H23N5O4. The molecule has 1 unspecified atom stereocenters. The fourth-order valence-corrected chi connectivity index (χ4v) is 3.17. The van der Waals surface area contributed by atoms with Crippen molar-refractivity contribution in [1.82, 2.24) is 16.0 Å². The number of imide groups is 1. The molecule has 2 aliphatic rings. The van der Waals surface area contributed by atoms with Crippen molar-refractivity contribution >= 4 is 23.6 Å². The number of nitrogens with one attached hydrogen (secondary N) is 3. The van der Waals surface area contributed by atoms with Gasteiger partial charge >= 0.3 is 0 Å². The zero-order chi connectivity index (χ0) is 21.6. The predicted octanol–water partition coefficient (Wildman–Crippen LogP) is 1.19. The number of hydrogen-bond donors (Lipinski definition) is 3. The monoisotopic (exact) mass is 409 g/mol. The molecule has 3 rings (SSSR count). The summed E-state index contributed by atoms with van der Waals surface area (Å²) >= 11 is 0. The van der Waals surface area contributed by atoms with Crippen LogP contribution < -0.4 is 16.0 Å². The Morgan fingerprint density at radius 1 is 1.27 bits per heavy atom. The van der Waals surface area contributed by atoms with E-state index in [1.165, 1.54) is 0 Å². The van der Waals surface area contributed by atoms with E-state index in [1.54, 1.807) is 24.3 Å². The van der Waals surface area contributed by atoms with Crippen LogP contribution in [0.5, 0.6) is 0 Å². The summed E-state index contributed by atoms with van der Waals surface area (Å²) in [5.41, 5.74) is 0.634. The number of carbonyl (C=O) groups excluding carboxylic acids is 4. The highest BCUT2D eigenvalue weighted by atomic mass is 16.2. The van der Waals surface area contributed by atoms with Crippen molar-refractivity contribution < 1.29 is 19.2 Å². The highest BCUT2D eigenvalue weighted by Crippen LogP contribution is 2.37. The van der Waals surface area contributed by atoms with E-state index in [4.69, 9.17) is 6.42 Å². The number of benzene rings is 1. The van der Waals surface area contributed by atoms with Gasteiger partial charge in [0.1, 0.15) is 6.04 Å². The molecule has 2 aliphatic heterocycles. The molecule has 9 heteroatoms. The van der Waals surface area contributed by atoms with Crippen LogP contribution in [0.3, 0.4) is 0 Å². The van der Waals surface area contributed by atoms with Crippen LogP contribution in [0.4, 0.5) is 0 Å². The van der Waals surface area contributed by atoms with E-state index in [0.29, 0.717) is 24.8 Å². The van der Waals surface area contributed by atoms with Crippen molar-refractivity contribution in [1.29, 1.82) is 0 Å². The van der Waals surface area contributed by atoms with Crippen LogP contribution in [-0.2, 0) is 20.9 Å². The van der Waals surface area contributed by atoms with Crippen LogP contribution in [0.15, 0.2) is 34.5 Å². The molecule has 0 aliphatic carbocycles. The maximum atomic E-state index is 12.4. The molecule has 1 saturated heterocycles. The Hall–Kier alpha value is -3.54. The van der Waals surface area contributed by atoms with Gasteiger partial charge in [0, 0.05) is 44.2 Å². The van der Waals surface area contributed by atoms with Gasteiger partial charge in [0.05, 0.1) is 0 Å². The van der Waals surface area contributed by atoms with Crippen LogP contribution in [0.1, 0.15) is 54.4 Å². The largest absolute Gasteiger partial charge is 0.352 e. The van der Waals surface area contributed by atoms with Gasteiger partial charge in [-0.3, -0.25) is 24.5 Å². The number of rotatable bonds is 9. The van der Waals surface area contributed by atoms with Gasteiger partial charge in [-0.2, -0.15) is 10.2 Å². The van der Waals surface area contributed by atoms with Gasteiger partial charge in [-0.05, 0) is 24.1 Å². The average molecular weight is 409 g/mol. The SMILES string of the molecule is C#CCCC1(CCC(=O)NCc2cccc(C(=O)NC3CCC(=O)NC3=O)c2)N=N1. The first kappa shape index (κ1) is 21.2. The van der Waals surface area contributed by atoms with Gasteiger partial charge in [-0.15, -0.1) is 12.3 Å². The Labute approximate surface area is 174 Å². The number of terminal acetylenes is 1. The van der Waals surface area contributed by atoms with Crippen LogP contribution in [-0.4, -0.2) is 35.3 Å². The summed E-state index contributed by atoms with van der Waals surface area (Å²) in [4.78, 5) is 47.6. The minimum atomic E-state index is -0.737. The Morgan fingerprint density at radius 2 is 2.07 bits per heavy atom. The topological polar surface area (TPSA) is 129 Å². The zero-order valence-corrected chi connectivity index (χ0v) is 16.4. The second-order valence-corrected chi connectivity index (χ2v) is 7.34.